The van der Waals surface area contributed by atoms with E-state index in [4.69, 9.17) is 22.1 Å². The molecular weight excluding hydrogens is 546 g/mol. The quantitative estimate of drug-likeness (QED) is 0.283. The summed E-state index contributed by atoms with van der Waals surface area (Å²) in [7, 11) is -9.36. The Labute approximate surface area is 218 Å². The summed E-state index contributed by atoms with van der Waals surface area (Å²) >= 11 is 5.93. The lowest BCUT2D eigenvalue weighted by Gasteiger charge is -2.34. The molecule has 0 saturated carbocycles. The second-order valence-corrected chi connectivity index (χ2v) is 11.8. The minimum absolute atomic E-state index is 0.0268. The Bertz CT molecular complexity index is 1550. The van der Waals surface area contributed by atoms with Crippen LogP contribution in [0.2, 0.25) is 5.02 Å². The second-order valence-electron chi connectivity index (χ2n) is 8.55. The first-order chi connectivity index (χ1) is 17.3. The van der Waals surface area contributed by atoms with Gasteiger partial charge in [-0.15, -0.1) is 0 Å². The summed E-state index contributed by atoms with van der Waals surface area (Å²) in [6.07, 6.45) is 0. The van der Waals surface area contributed by atoms with Crippen LogP contribution in [0.1, 0.15) is 5.56 Å². The molecule has 0 unspecified atom stereocenters. The number of hydrogen-bond acceptors (Lipinski definition) is 8. The molecular formula is C23H24ClN3O8S2. The van der Waals surface area contributed by atoms with E-state index in [9.17, 15) is 30.7 Å². The van der Waals surface area contributed by atoms with Crippen LogP contribution in [0.25, 0.3) is 10.8 Å². The minimum Gasteiger partial charge on any atom is -0.483 e. The van der Waals surface area contributed by atoms with Crippen molar-refractivity contribution in [3.8, 4) is 5.75 Å². The van der Waals surface area contributed by atoms with Gasteiger partial charge in [0.2, 0.25) is 0 Å². The van der Waals surface area contributed by atoms with Crippen molar-refractivity contribution >= 4 is 54.2 Å². The molecule has 1 heterocycles. The molecule has 4 rings (SSSR count). The summed E-state index contributed by atoms with van der Waals surface area (Å²) in [5.41, 5.74) is 6.94. The number of halogens is 1. The van der Waals surface area contributed by atoms with E-state index in [1.54, 1.807) is 4.90 Å². The Morgan fingerprint density at radius 3 is 2.05 bits per heavy atom. The number of nitrogens with zero attached hydrogens (tertiary/aromatic N) is 2. The van der Waals surface area contributed by atoms with Crippen LogP contribution in [0.15, 0.2) is 58.3 Å². The SMILES string of the molecule is Nc1cc(S(=O)(=O)O)cc2cc(S(=O)(=O)O)cc(OCC(=O)N3CCN(Cc4ccc(Cl)cc4)CC3)c12. The summed E-state index contributed by atoms with van der Waals surface area (Å²) in [5.74, 6) is -0.482. The molecule has 1 aliphatic rings. The first-order valence-electron chi connectivity index (χ1n) is 11.0. The molecule has 14 heteroatoms. The van der Waals surface area contributed by atoms with Crippen molar-refractivity contribution in [1.29, 1.82) is 0 Å². The summed E-state index contributed by atoms with van der Waals surface area (Å²) in [4.78, 5) is 15.5. The molecule has 1 amide bonds. The fourth-order valence-corrected chi connectivity index (χ4v) is 5.31. The van der Waals surface area contributed by atoms with Gasteiger partial charge >= 0.3 is 0 Å². The molecule has 0 radical (unpaired) electrons. The van der Waals surface area contributed by atoms with E-state index in [0.717, 1.165) is 36.4 Å². The molecule has 1 saturated heterocycles. The fraction of sp³-hybridized carbons (Fsp3) is 0.261. The van der Waals surface area contributed by atoms with E-state index in [1.807, 2.05) is 24.3 Å². The number of carbonyl (C=O) groups is 1. The molecule has 4 N–H and O–H groups in total. The number of amides is 1. The van der Waals surface area contributed by atoms with Crippen LogP contribution in [-0.4, -0.2) is 74.4 Å². The van der Waals surface area contributed by atoms with E-state index >= 15 is 0 Å². The van der Waals surface area contributed by atoms with Gasteiger partial charge in [0.25, 0.3) is 26.1 Å². The summed E-state index contributed by atoms with van der Waals surface area (Å²) in [6.45, 7) is 2.47. The van der Waals surface area contributed by atoms with Gasteiger partial charge < -0.3 is 15.4 Å². The lowest BCUT2D eigenvalue weighted by atomic mass is 10.1. The van der Waals surface area contributed by atoms with Gasteiger partial charge in [0.05, 0.1) is 9.79 Å². The predicted octanol–water partition coefficient (Wildman–Crippen LogP) is 2.29. The molecule has 3 aromatic carbocycles. The maximum absolute atomic E-state index is 12.8. The molecule has 11 nitrogen and oxygen atoms in total. The third-order valence-electron chi connectivity index (χ3n) is 5.98. The average molecular weight is 570 g/mol. The van der Waals surface area contributed by atoms with Gasteiger partial charge in [-0.25, -0.2) is 0 Å². The number of hydrogen-bond donors (Lipinski definition) is 3. The van der Waals surface area contributed by atoms with Crippen molar-refractivity contribution in [2.24, 2.45) is 0 Å². The van der Waals surface area contributed by atoms with Gasteiger partial charge in [-0.1, -0.05) is 23.7 Å². The zero-order valence-electron chi connectivity index (χ0n) is 19.4. The predicted molar refractivity (Wildman–Crippen MR) is 137 cm³/mol. The molecule has 0 spiro atoms. The Hall–Kier alpha value is -2.94. The Kier molecular flexibility index (Phi) is 7.65. The number of piperazine rings is 1. The third kappa shape index (κ3) is 6.50. The number of benzene rings is 3. The van der Waals surface area contributed by atoms with E-state index < -0.39 is 36.6 Å². The molecule has 1 aliphatic heterocycles. The highest BCUT2D eigenvalue weighted by Gasteiger charge is 2.23. The number of anilines is 1. The molecule has 1 fully saturated rings. The summed E-state index contributed by atoms with van der Waals surface area (Å²) in [5, 5.41) is 0.760. The molecule has 0 aliphatic carbocycles. The van der Waals surface area contributed by atoms with Gasteiger partial charge in [0, 0.05) is 54.9 Å². The third-order valence-corrected chi connectivity index (χ3v) is 7.90. The standard InChI is InChI=1S/C23H24ClN3O8S2/c24-17-3-1-15(2-4-17)13-26-5-7-27(8-6-26)22(28)14-35-21-12-19(37(32,33)34)10-16-9-18(36(29,30)31)11-20(25)23(16)21/h1-4,9-12H,5-8,13-14,25H2,(H,29,30,31)(H,32,33,34). The smallest absolute Gasteiger partial charge is 0.294 e. The van der Waals surface area contributed by atoms with Crippen molar-refractivity contribution in [2.45, 2.75) is 16.3 Å². The lowest BCUT2D eigenvalue weighted by molar-refractivity contribution is -0.135. The zero-order chi connectivity index (χ0) is 27.0. The fourth-order valence-electron chi connectivity index (χ4n) is 4.10. The van der Waals surface area contributed by atoms with Crippen molar-refractivity contribution in [2.75, 3.05) is 38.5 Å². The van der Waals surface area contributed by atoms with E-state index in [-0.39, 0.29) is 28.1 Å². The van der Waals surface area contributed by atoms with E-state index in [1.165, 1.54) is 0 Å². The normalized spacial score (nSPS) is 15.2. The highest BCUT2D eigenvalue weighted by Crippen LogP contribution is 2.36. The van der Waals surface area contributed by atoms with Crippen LogP contribution in [0.4, 0.5) is 5.69 Å². The van der Waals surface area contributed by atoms with Crippen LogP contribution >= 0.6 is 11.6 Å². The first-order valence-corrected chi connectivity index (χ1v) is 14.3. The lowest BCUT2D eigenvalue weighted by Crippen LogP contribution is -2.49. The monoisotopic (exact) mass is 569 g/mol. The molecule has 0 aromatic heterocycles. The first kappa shape index (κ1) is 27.1. The van der Waals surface area contributed by atoms with Crippen molar-refractivity contribution in [3.63, 3.8) is 0 Å². The van der Waals surface area contributed by atoms with E-state index in [0.29, 0.717) is 31.2 Å². The van der Waals surface area contributed by atoms with Gasteiger partial charge in [0.15, 0.2) is 6.61 Å². The molecule has 0 atom stereocenters. The Morgan fingerprint density at radius 2 is 1.49 bits per heavy atom. The largest absolute Gasteiger partial charge is 0.483 e. The highest BCUT2D eigenvalue weighted by molar-refractivity contribution is 7.86. The van der Waals surface area contributed by atoms with Crippen LogP contribution in [-0.2, 0) is 31.6 Å². The van der Waals surface area contributed by atoms with Crippen LogP contribution in [0, 0.1) is 0 Å². The highest BCUT2D eigenvalue weighted by atomic mass is 35.5. The molecule has 198 valence electrons. The Balaban J connectivity index is 1.49. The second kappa shape index (κ2) is 10.4. The van der Waals surface area contributed by atoms with Gasteiger partial charge in [-0.3, -0.25) is 18.8 Å². The van der Waals surface area contributed by atoms with Gasteiger partial charge in [-0.2, -0.15) is 16.8 Å². The van der Waals surface area contributed by atoms with Crippen LogP contribution in [0.5, 0.6) is 5.75 Å². The molecule has 3 aromatic rings. The van der Waals surface area contributed by atoms with Gasteiger partial charge in [-0.05, 0) is 41.3 Å². The number of ether oxygens (including phenoxy) is 1. The molecule has 0 bridgehead atoms. The number of nitrogen functional groups attached to an aromatic ring is 1. The van der Waals surface area contributed by atoms with Gasteiger partial charge in [0.1, 0.15) is 5.75 Å². The van der Waals surface area contributed by atoms with E-state index in [2.05, 4.69) is 4.90 Å². The summed E-state index contributed by atoms with van der Waals surface area (Å²) < 4.78 is 71.2. The molecule has 37 heavy (non-hydrogen) atoms. The van der Waals surface area contributed by atoms with Crippen LogP contribution < -0.4 is 10.5 Å². The average Bonchev–Trinajstić information content (AvgIpc) is 2.82. The number of nitrogens with two attached hydrogens (primary N) is 1. The zero-order valence-corrected chi connectivity index (χ0v) is 21.8. The van der Waals surface area contributed by atoms with Crippen molar-refractivity contribution < 1.29 is 35.5 Å². The number of carbonyl (C=O) groups excluding carboxylic acids is 1. The van der Waals surface area contributed by atoms with Crippen LogP contribution in [0.3, 0.4) is 0 Å². The maximum atomic E-state index is 12.8. The van der Waals surface area contributed by atoms with Crippen molar-refractivity contribution in [1.82, 2.24) is 9.80 Å². The number of rotatable bonds is 7. The topological polar surface area (TPSA) is 168 Å². The number of fused-ring (bicyclic) bond motifs is 1. The van der Waals surface area contributed by atoms with Crippen molar-refractivity contribution in [3.05, 3.63) is 59.1 Å². The maximum Gasteiger partial charge on any atom is 0.294 e. The minimum atomic E-state index is -4.71. The summed E-state index contributed by atoms with van der Waals surface area (Å²) in [6, 6.07) is 11.5. The Morgan fingerprint density at radius 1 is 0.919 bits per heavy atom.